The molecule has 1 N–H and O–H groups in total. The average molecular weight is 272 g/mol. The quantitative estimate of drug-likeness (QED) is 0.906. The molecule has 1 aromatic rings. The molecular weight excluding hydrogens is 253 g/mol. The molecule has 1 aliphatic rings. The van der Waals surface area contributed by atoms with Crippen LogP contribution in [0.3, 0.4) is 0 Å². The van der Waals surface area contributed by atoms with Crippen LogP contribution in [0.15, 0.2) is 30.3 Å². The van der Waals surface area contributed by atoms with Crippen LogP contribution < -0.4 is 5.32 Å². The molecule has 106 valence electrons. The highest BCUT2D eigenvalue weighted by atomic mass is 19.4. The topological polar surface area (TPSA) is 15.3 Å². The van der Waals surface area contributed by atoms with Gasteiger partial charge in [0.2, 0.25) is 0 Å². The maximum Gasteiger partial charge on any atom is 0.408 e. The number of likely N-dealkylation sites (N-methyl/N-ethyl adjacent to an activating group) is 1. The van der Waals surface area contributed by atoms with Crippen molar-refractivity contribution in [2.75, 3.05) is 20.1 Å². The van der Waals surface area contributed by atoms with Crippen molar-refractivity contribution in [3.05, 3.63) is 35.9 Å². The van der Waals surface area contributed by atoms with Gasteiger partial charge in [-0.2, -0.15) is 13.2 Å². The summed E-state index contributed by atoms with van der Waals surface area (Å²) in [6, 6.07) is 6.74. The van der Waals surface area contributed by atoms with Crippen LogP contribution in [0.5, 0.6) is 0 Å². The molecule has 0 bridgehead atoms. The van der Waals surface area contributed by atoms with Gasteiger partial charge in [0.25, 0.3) is 0 Å². The molecule has 0 spiro atoms. The summed E-state index contributed by atoms with van der Waals surface area (Å²) in [4.78, 5) is 1.40. The Bertz CT molecular complexity index is 385. The number of hydrogen-bond acceptors (Lipinski definition) is 2. The predicted molar refractivity (Wildman–Crippen MR) is 68.9 cm³/mol. The van der Waals surface area contributed by atoms with Gasteiger partial charge in [0.05, 0.1) is 0 Å². The highest BCUT2D eigenvalue weighted by Crippen LogP contribution is 2.37. The molecule has 1 aromatic carbocycles. The molecule has 0 aliphatic carbocycles. The number of rotatable bonds is 4. The second-order valence-electron chi connectivity index (χ2n) is 5.09. The molecule has 19 heavy (non-hydrogen) atoms. The summed E-state index contributed by atoms with van der Waals surface area (Å²) in [7, 11) is 1.55. The molecule has 1 saturated heterocycles. The minimum absolute atomic E-state index is 0.165. The lowest BCUT2D eigenvalue weighted by Crippen LogP contribution is -2.42. The van der Waals surface area contributed by atoms with Crippen LogP contribution >= 0.6 is 0 Å². The number of halogens is 3. The first-order valence-corrected chi connectivity index (χ1v) is 6.54. The van der Waals surface area contributed by atoms with Crippen LogP contribution in [0.2, 0.25) is 0 Å². The number of nitrogens with one attached hydrogen (secondary N) is 1. The van der Waals surface area contributed by atoms with Gasteiger partial charge in [-0.1, -0.05) is 30.3 Å². The third-order valence-corrected chi connectivity index (χ3v) is 3.54. The Balaban J connectivity index is 2.13. The highest BCUT2D eigenvalue weighted by molar-refractivity contribution is 5.20. The van der Waals surface area contributed by atoms with E-state index in [1.54, 1.807) is 25.2 Å². The standard InChI is InChI=1S/C14H19F3N2/c1-19(10-12-8-5-9-18-12)13(14(15,16)17)11-6-3-2-4-7-11/h2-4,6-7,12-13,18H,5,8-10H2,1H3. The van der Waals surface area contributed by atoms with Crippen molar-refractivity contribution < 1.29 is 13.2 Å². The smallest absolute Gasteiger partial charge is 0.313 e. The van der Waals surface area contributed by atoms with Gasteiger partial charge in [-0.15, -0.1) is 0 Å². The Hall–Kier alpha value is -1.07. The third-order valence-electron chi connectivity index (χ3n) is 3.54. The zero-order chi connectivity index (χ0) is 13.9. The summed E-state index contributed by atoms with van der Waals surface area (Å²) >= 11 is 0. The summed E-state index contributed by atoms with van der Waals surface area (Å²) in [6.07, 6.45) is -2.26. The van der Waals surface area contributed by atoms with Crippen molar-refractivity contribution >= 4 is 0 Å². The van der Waals surface area contributed by atoms with E-state index in [0.29, 0.717) is 12.1 Å². The highest BCUT2D eigenvalue weighted by Gasteiger charge is 2.43. The summed E-state index contributed by atoms with van der Waals surface area (Å²) < 4.78 is 39.8. The van der Waals surface area contributed by atoms with E-state index in [1.807, 2.05) is 0 Å². The van der Waals surface area contributed by atoms with Crippen LogP contribution in [0.25, 0.3) is 0 Å². The van der Waals surface area contributed by atoms with E-state index >= 15 is 0 Å². The molecule has 0 radical (unpaired) electrons. The fourth-order valence-electron chi connectivity index (χ4n) is 2.69. The maximum atomic E-state index is 13.3. The minimum atomic E-state index is -4.26. The Labute approximate surface area is 111 Å². The molecule has 2 rings (SSSR count). The Morgan fingerprint density at radius 3 is 2.53 bits per heavy atom. The zero-order valence-corrected chi connectivity index (χ0v) is 11.0. The van der Waals surface area contributed by atoms with Gasteiger partial charge < -0.3 is 5.32 Å². The normalized spacial score (nSPS) is 21.8. The second-order valence-corrected chi connectivity index (χ2v) is 5.09. The monoisotopic (exact) mass is 272 g/mol. The van der Waals surface area contributed by atoms with E-state index in [2.05, 4.69) is 5.32 Å². The van der Waals surface area contributed by atoms with E-state index in [9.17, 15) is 13.2 Å². The largest absolute Gasteiger partial charge is 0.408 e. The maximum absolute atomic E-state index is 13.3. The van der Waals surface area contributed by atoms with E-state index < -0.39 is 12.2 Å². The average Bonchev–Trinajstić information content (AvgIpc) is 2.81. The van der Waals surface area contributed by atoms with Gasteiger partial charge in [-0.25, -0.2) is 0 Å². The Morgan fingerprint density at radius 2 is 2.00 bits per heavy atom. The first-order chi connectivity index (χ1) is 8.98. The van der Waals surface area contributed by atoms with Crippen LogP contribution in [0.1, 0.15) is 24.4 Å². The SMILES string of the molecule is CN(CC1CCCN1)C(c1ccccc1)C(F)(F)F. The molecule has 0 amide bonds. The molecular formula is C14H19F3N2. The number of alkyl halides is 3. The van der Waals surface area contributed by atoms with E-state index in [-0.39, 0.29) is 6.04 Å². The lowest BCUT2D eigenvalue weighted by Gasteiger charge is -2.32. The van der Waals surface area contributed by atoms with Crippen molar-refractivity contribution in [2.45, 2.75) is 31.1 Å². The molecule has 1 heterocycles. The van der Waals surface area contributed by atoms with Crippen molar-refractivity contribution in [1.29, 1.82) is 0 Å². The van der Waals surface area contributed by atoms with Gasteiger partial charge in [-0.05, 0) is 32.0 Å². The molecule has 2 unspecified atom stereocenters. The lowest BCUT2D eigenvalue weighted by atomic mass is 10.0. The van der Waals surface area contributed by atoms with Gasteiger partial charge in [0.15, 0.2) is 0 Å². The predicted octanol–water partition coefficient (Wildman–Crippen LogP) is 2.97. The first-order valence-electron chi connectivity index (χ1n) is 6.54. The van der Waals surface area contributed by atoms with Crippen LogP contribution in [0, 0.1) is 0 Å². The molecule has 1 fully saturated rings. The fraction of sp³-hybridized carbons (Fsp3) is 0.571. The minimum Gasteiger partial charge on any atom is -0.313 e. The Morgan fingerprint density at radius 1 is 1.32 bits per heavy atom. The van der Waals surface area contributed by atoms with E-state index in [0.717, 1.165) is 19.4 Å². The molecule has 1 aliphatic heterocycles. The van der Waals surface area contributed by atoms with Crippen molar-refractivity contribution in [3.63, 3.8) is 0 Å². The molecule has 2 atom stereocenters. The van der Waals surface area contributed by atoms with Crippen LogP contribution in [-0.2, 0) is 0 Å². The molecule has 5 heteroatoms. The Kier molecular flexibility index (Phi) is 4.47. The second kappa shape index (κ2) is 5.92. The summed E-state index contributed by atoms with van der Waals surface area (Å²) in [6.45, 7) is 1.32. The summed E-state index contributed by atoms with van der Waals surface area (Å²) in [5, 5.41) is 3.24. The van der Waals surface area contributed by atoms with Gasteiger partial charge in [0.1, 0.15) is 6.04 Å². The molecule has 0 aromatic heterocycles. The zero-order valence-electron chi connectivity index (χ0n) is 11.0. The molecule has 2 nitrogen and oxygen atoms in total. The van der Waals surface area contributed by atoms with Crippen molar-refractivity contribution in [3.8, 4) is 0 Å². The summed E-state index contributed by atoms with van der Waals surface area (Å²) in [5.74, 6) is 0. The summed E-state index contributed by atoms with van der Waals surface area (Å²) in [5.41, 5.74) is 0.301. The van der Waals surface area contributed by atoms with Gasteiger partial charge in [0, 0.05) is 12.6 Å². The van der Waals surface area contributed by atoms with Gasteiger partial charge in [-0.3, -0.25) is 4.90 Å². The molecule has 0 saturated carbocycles. The van der Waals surface area contributed by atoms with E-state index in [4.69, 9.17) is 0 Å². The van der Waals surface area contributed by atoms with Gasteiger partial charge >= 0.3 is 6.18 Å². The number of hydrogen-bond donors (Lipinski definition) is 1. The van der Waals surface area contributed by atoms with E-state index in [1.165, 1.54) is 17.0 Å². The lowest BCUT2D eigenvalue weighted by molar-refractivity contribution is -0.183. The van der Waals surface area contributed by atoms with Crippen LogP contribution in [-0.4, -0.2) is 37.3 Å². The number of benzene rings is 1. The first kappa shape index (κ1) is 14.3. The van der Waals surface area contributed by atoms with Crippen molar-refractivity contribution in [1.82, 2.24) is 10.2 Å². The van der Waals surface area contributed by atoms with Crippen LogP contribution in [0.4, 0.5) is 13.2 Å². The van der Waals surface area contributed by atoms with Crippen molar-refractivity contribution in [2.24, 2.45) is 0 Å². The number of nitrogens with zero attached hydrogens (tertiary/aromatic N) is 1. The third kappa shape index (κ3) is 3.70. The fourth-order valence-corrected chi connectivity index (χ4v) is 2.69.